The van der Waals surface area contributed by atoms with Crippen LogP contribution < -0.4 is 20.1 Å². The van der Waals surface area contributed by atoms with Gasteiger partial charge in [-0.25, -0.2) is 0 Å². The first-order chi connectivity index (χ1) is 23.3. The summed E-state index contributed by atoms with van der Waals surface area (Å²) in [7, 11) is 1.83. The number of carbonyl (C=O) groups is 3. The van der Waals surface area contributed by atoms with Crippen molar-refractivity contribution in [3.05, 3.63) is 102 Å². The smallest absolute Gasteiger partial charge is 0.276 e. The average Bonchev–Trinajstić information content (AvgIpc) is 3.73. The average molecular weight is 648 g/mol. The summed E-state index contributed by atoms with van der Waals surface area (Å²) in [4.78, 5) is 45.8. The largest absolute Gasteiger partial charge is 0.488 e. The van der Waals surface area contributed by atoms with E-state index in [1.54, 1.807) is 46.2 Å². The van der Waals surface area contributed by atoms with Crippen molar-refractivity contribution < 1.29 is 28.4 Å². The number of hydrogen-bond acceptors (Lipinski definition) is 9. The van der Waals surface area contributed by atoms with Gasteiger partial charge >= 0.3 is 0 Å². The molecule has 3 aliphatic rings. The van der Waals surface area contributed by atoms with E-state index in [0.29, 0.717) is 47.9 Å². The van der Waals surface area contributed by atoms with Gasteiger partial charge in [0.2, 0.25) is 0 Å². The van der Waals surface area contributed by atoms with E-state index in [1.807, 2.05) is 50.4 Å². The van der Waals surface area contributed by atoms with E-state index in [-0.39, 0.29) is 36.6 Å². The Morgan fingerprint density at radius 2 is 1.79 bits per heavy atom. The first-order valence-corrected chi connectivity index (χ1v) is 15.6. The summed E-state index contributed by atoms with van der Waals surface area (Å²) in [5.74, 6) is 0.629. The molecule has 0 aliphatic carbocycles. The van der Waals surface area contributed by atoms with Gasteiger partial charge in [0.05, 0.1) is 23.4 Å². The molecule has 5 aromatic rings. The second-order valence-electron chi connectivity index (χ2n) is 11.8. The number of nitrogens with zero attached hydrogens (tertiary/aromatic N) is 5. The molecule has 1 fully saturated rings. The van der Waals surface area contributed by atoms with Gasteiger partial charge in [0, 0.05) is 62.8 Å². The summed E-state index contributed by atoms with van der Waals surface area (Å²) in [6.45, 7) is 2.65. The first kappa shape index (κ1) is 30.7. The maximum atomic E-state index is 13.7. The van der Waals surface area contributed by atoms with Crippen LogP contribution in [0, 0.1) is 6.92 Å². The topological polar surface area (TPSA) is 154 Å². The number of aromatic nitrogens is 4. The Labute approximate surface area is 275 Å². The number of carbonyl (C=O) groups excluding carboxylic acids is 3. The summed E-state index contributed by atoms with van der Waals surface area (Å²) in [5, 5.41) is 14.3. The van der Waals surface area contributed by atoms with E-state index in [2.05, 4.69) is 25.9 Å². The van der Waals surface area contributed by atoms with Gasteiger partial charge in [0.1, 0.15) is 17.6 Å². The molecule has 0 radical (unpaired) electrons. The van der Waals surface area contributed by atoms with E-state index >= 15 is 0 Å². The van der Waals surface area contributed by atoms with Crippen molar-refractivity contribution >= 4 is 17.7 Å². The Morgan fingerprint density at radius 1 is 0.958 bits per heavy atom. The van der Waals surface area contributed by atoms with Crippen LogP contribution in [0.25, 0.3) is 22.5 Å². The minimum atomic E-state index is -0.563. The van der Waals surface area contributed by atoms with Crippen molar-refractivity contribution in [3.8, 4) is 33.9 Å². The Balaban J connectivity index is 1.16. The molecule has 8 rings (SSSR count). The molecular weight excluding hydrogens is 614 g/mol. The van der Waals surface area contributed by atoms with Gasteiger partial charge in [-0.3, -0.25) is 24.0 Å². The summed E-state index contributed by atoms with van der Waals surface area (Å²) >= 11 is 0. The summed E-state index contributed by atoms with van der Waals surface area (Å²) in [6, 6.07) is 17.4. The number of amides is 3. The van der Waals surface area contributed by atoms with E-state index in [9.17, 15) is 14.4 Å². The number of aryl methyl sites for hydroxylation is 1. The molecule has 2 aromatic carbocycles. The zero-order valence-corrected chi connectivity index (χ0v) is 26.4. The predicted molar refractivity (Wildman–Crippen MR) is 173 cm³/mol. The molecule has 6 bridgehead atoms. The first-order valence-electron chi connectivity index (χ1n) is 15.6. The maximum Gasteiger partial charge on any atom is 0.276 e. The molecule has 3 aromatic heterocycles. The number of piperidine rings is 1. The maximum absolute atomic E-state index is 13.7. The van der Waals surface area contributed by atoms with Crippen LogP contribution in [0.15, 0.2) is 83.8 Å². The lowest BCUT2D eigenvalue weighted by atomic mass is 10.00. The molecule has 48 heavy (non-hydrogen) atoms. The van der Waals surface area contributed by atoms with Crippen molar-refractivity contribution in [2.45, 2.75) is 32.0 Å². The van der Waals surface area contributed by atoms with Crippen LogP contribution in [0.3, 0.4) is 0 Å². The molecule has 244 valence electrons. The molecule has 13 nitrogen and oxygen atoms in total. The molecule has 13 heteroatoms. The fourth-order valence-electron chi connectivity index (χ4n) is 5.80. The van der Waals surface area contributed by atoms with Crippen molar-refractivity contribution in [1.29, 1.82) is 0 Å². The third-order valence-electron chi connectivity index (χ3n) is 8.62. The monoisotopic (exact) mass is 647 g/mol. The molecule has 2 N–H and O–H groups in total. The summed E-state index contributed by atoms with van der Waals surface area (Å²) < 4.78 is 19.4. The Hall–Kier alpha value is -5.98. The van der Waals surface area contributed by atoms with Gasteiger partial charge in [-0.15, -0.1) is 0 Å². The molecular formula is C35H33N7O6. The number of hydrogen-bond donors (Lipinski definition) is 2. The van der Waals surface area contributed by atoms with Crippen molar-refractivity contribution in [1.82, 2.24) is 35.5 Å². The molecule has 3 amide bonds. The van der Waals surface area contributed by atoms with Crippen LogP contribution in [-0.4, -0.2) is 74.4 Å². The number of benzene rings is 2. The van der Waals surface area contributed by atoms with Gasteiger partial charge in [-0.2, -0.15) is 5.10 Å². The Morgan fingerprint density at radius 3 is 2.60 bits per heavy atom. The quantitative estimate of drug-likeness (QED) is 0.293. The Kier molecular flexibility index (Phi) is 8.32. The number of fused-ring (bicyclic) bond motifs is 7. The normalized spacial score (nSPS) is 18.2. The summed E-state index contributed by atoms with van der Waals surface area (Å²) in [6.07, 6.45) is 4.83. The molecule has 2 atom stereocenters. The lowest BCUT2D eigenvalue weighted by molar-refractivity contribution is -0.123. The van der Waals surface area contributed by atoms with Crippen LogP contribution in [0.5, 0.6) is 11.5 Å². The van der Waals surface area contributed by atoms with Crippen molar-refractivity contribution in [2.75, 3.05) is 19.7 Å². The highest BCUT2D eigenvalue weighted by Crippen LogP contribution is 2.27. The number of likely N-dealkylation sites (tertiary alicyclic amines) is 1. The van der Waals surface area contributed by atoms with Gasteiger partial charge in [-0.1, -0.05) is 29.4 Å². The van der Waals surface area contributed by atoms with Crippen molar-refractivity contribution in [2.24, 2.45) is 7.05 Å². The van der Waals surface area contributed by atoms with Crippen LogP contribution in [-0.2, 0) is 18.4 Å². The molecule has 0 unspecified atom stereocenters. The minimum Gasteiger partial charge on any atom is -0.488 e. The molecule has 1 saturated heterocycles. The highest BCUT2D eigenvalue weighted by atomic mass is 16.5. The van der Waals surface area contributed by atoms with E-state index in [4.69, 9.17) is 14.0 Å². The van der Waals surface area contributed by atoms with E-state index in [1.165, 1.54) is 6.20 Å². The summed E-state index contributed by atoms with van der Waals surface area (Å²) in [5.41, 5.74) is 4.49. The lowest BCUT2D eigenvalue weighted by Crippen LogP contribution is -2.58. The number of rotatable bonds is 2. The minimum absolute atomic E-state index is 0.143. The molecule has 6 heterocycles. The molecule has 3 aliphatic heterocycles. The van der Waals surface area contributed by atoms with Crippen LogP contribution in [0.1, 0.15) is 38.5 Å². The van der Waals surface area contributed by atoms with Gasteiger partial charge in [0.15, 0.2) is 18.1 Å². The van der Waals surface area contributed by atoms with Crippen LogP contribution >= 0.6 is 0 Å². The third kappa shape index (κ3) is 6.47. The highest BCUT2D eigenvalue weighted by Gasteiger charge is 2.36. The zero-order chi connectivity index (χ0) is 33.2. The Bertz CT molecular complexity index is 1990. The fraction of sp³-hybridized carbons (Fsp3) is 0.257. The standard InChI is InChI=1S/C35H33N7O6/c1-21-28(18-38-41(21)2)32-14-29(40-48-32)35(45)42-11-10-31-30(19-42)39-34(44)25-12-24(16-36-17-25)23-4-3-5-27(13-23)46-20-33(43)37-15-22-6-8-26(47-31)9-7-22/h3-9,12-14,16-18,30-31H,10-11,15,19-20H2,1-2H3,(H,37,43)(H,39,44)/t30-,31+/m1/s1. The second-order valence-corrected chi connectivity index (χ2v) is 11.8. The zero-order valence-electron chi connectivity index (χ0n) is 26.4. The van der Waals surface area contributed by atoms with Crippen LogP contribution in [0.2, 0.25) is 0 Å². The lowest BCUT2D eigenvalue weighted by Gasteiger charge is -2.38. The number of pyridine rings is 1. The van der Waals surface area contributed by atoms with Crippen molar-refractivity contribution in [3.63, 3.8) is 0 Å². The van der Waals surface area contributed by atoms with Gasteiger partial charge in [-0.05, 0) is 48.4 Å². The highest BCUT2D eigenvalue weighted by molar-refractivity contribution is 5.96. The predicted octanol–water partition coefficient (Wildman–Crippen LogP) is 3.55. The SMILES string of the molecule is Cc1c(-c2cc(C(=O)N3CC[C@@H]4Oc5ccc(cc5)CNC(=O)COc5cccc(c5)-c5cncc(c5)C(=O)N[C@@H]4C3)no2)cnn1C. The third-order valence-corrected chi connectivity index (χ3v) is 8.62. The molecule has 0 spiro atoms. The number of nitrogens with one attached hydrogen (secondary N) is 2. The van der Waals surface area contributed by atoms with Gasteiger partial charge in [0.25, 0.3) is 17.7 Å². The van der Waals surface area contributed by atoms with Crippen LogP contribution in [0.4, 0.5) is 0 Å². The number of ether oxygens (including phenoxy) is 2. The van der Waals surface area contributed by atoms with E-state index < -0.39 is 12.1 Å². The second kappa shape index (κ2) is 13.0. The van der Waals surface area contributed by atoms with E-state index in [0.717, 1.165) is 22.4 Å². The molecule has 0 saturated carbocycles. The van der Waals surface area contributed by atoms with Gasteiger partial charge < -0.3 is 29.5 Å². The fourth-order valence-corrected chi connectivity index (χ4v) is 5.80.